The molecular formula is C7H13FO. The lowest BCUT2D eigenvalue weighted by atomic mass is 10.1. The first-order chi connectivity index (χ1) is 4.20. The van der Waals surface area contributed by atoms with Crippen molar-refractivity contribution in [2.75, 3.05) is 6.61 Å². The topological polar surface area (TPSA) is 20.2 Å². The van der Waals surface area contributed by atoms with Crippen molar-refractivity contribution in [2.24, 2.45) is 5.92 Å². The molecule has 0 radical (unpaired) electrons. The minimum atomic E-state index is -0.158. The largest absolute Gasteiger partial charge is 0.392 e. The van der Waals surface area contributed by atoms with Gasteiger partial charge in [0.25, 0.3) is 0 Å². The normalized spacial score (nSPS) is 12.8. The molecule has 0 fully saturated rings. The van der Waals surface area contributed by atoms with Crippen LogP contribution in [0.5, 0.6) is 0 Å². The maximum absolute atomic E-state index is 11.7. The molecule has 54 valence electrons. The predicted molar refractivity (Wildman–Crippen MR) is 35.7 cm³/mol. The summed E-state index contributed by atoms with van der Waals surface area (Å²) in [6, 6.07) is 0. The van der Waals surface area contributed by atoms with Crippen LogP contribution in [0.1, 0.15) is 20.3 Å². The molecule has 0 saturated carbocycles. The Hall–Kier alpha value is -0.370. The molecule has 0 aromatic carbocycles. The van der Waals surface area contributed by atoms with Gasteiger partial charge in [0.05, 0.1) is 12.9 Å². The van der Waals surface area contributed by atoms with Gasteiger partial charge < -0.3 is 5.11 Å². The molecule has 0 saturated heterocycles. The number of halogens is 1. The zero-order valence-electron chi connectivity index (χ0n) is 5.89. The van der Waals surface area contributed by atoms with Crippen LogP contribution in [0.25, 0.3) is 0 Å². The third kappa shape index (κ3) is 4.15. The smallest absolute Gasteiger partial charge is 0.0881 e. The van der Waals surface area contributed by atoms with E-state index in [0.717, 1.165) is 0 Å². The Bertz CT molecular complexity index is 97.1. The second-order valence-electron chi connectivity index (χ2n) is 2.52. The van der Waals surface area contributed by atoms with Gasteiger partial charge in [-0.1, -0.05) is 13.8 Å². The highest BCUT2D eigenvalue weighted by molar-refractivity contribution is 4.97. The van der Waals surface area contributed by atoms with Gasteiger partial charge in [-0.05, 0) is 17.9 Å². The highest BCUT2D eigenvalue weighted by Gasteiger charge is 1.98. The average molecular weight is 132 g/mol. The summed E-state index contributed by atoms with van der Waals surface area (Å²) >= 11 is 0. The van der Waals surface area contributed by atoms with Crippen LogP contribution in [0.4, 0.5) is 4.39 Å². The third-order valence-corrected chi connectivity index (χ3v) is 1.03. The molecule has 0 aliphatic rings. The van der Waals surface area contributed by atoms with Crippen molar-refractivity contribution in [1.29, 1.82) is 0 Å². The number of rotatable bonds is 3. The highest BCUT2D eigenvalue weighted by atomic mass is 19.1. The molecule has 0 bridgehead atoms. The molecule has 0 aliphatic heterocycles. The maximum Gasteiger partial charge on any atom is 0.0881 e. The summed E-state index contributed by atoms with van der Waals surface area (Å²) < 4.78 is 11.7. The first-order valence-electron chi connectivity index (χ1n) is 3.09. The minimum absolute atomic E-state index is 0.158. The van der Waals surface area contributed by atoms with Gasteiger partial charge in [0, 0.05) is 0 Å². The van der Waals surface area contributed by atoms with E-state index in [1.165, 1.54) is 0 Å². The average Bonchev–Trinajstić information content (AvgIpc) is 1.82. The zero-order chi connectivity index (χ0) is 7.28. The summed E-state index contributed by atoms with van der Waals surface area (Å²) in [6.45, 7) is 3.81. The van der Waals surface area contributed by atoms with E-state index in [4.69, 9.17) is 5.11 Å². The number of hydrogen-bond acceptors (Lipinski definition) is 1. The Kier molecular flexibility index (Phi) is 4.32. The Morgan fingerprint density at radius 2 is 2.22 bits per heavy atom. The van der Waals surface area contributed by atoms with E-state index in [1.807, 2.05) is 13.8 Å². The monoisotopic (exact) mass is 132 g/mol. The molecule has 0 amide bonds. The first-order valence-corrected chi connectivity index (χ1v) is 3.09. The van der Waals surface area contributed by atoms with E-state index >= 15 is 0 Å². The number of hydrogen-bond donors (Lipinski definition) is 1. The molecule has 0 aliphatic carbocycles. The quantitative estimate of drug-likeness (QED) is 0.621. The fourth-order valence-electron chi connectivity index (χ4n) is 0.668. The van der Waals surface area contributed by atoms with Gasteiger partial charge in [0.15, 0.2) is 0 Å². The molecule has 0 rings (SSSR count). The standard InChI is InChI=1S/C7H13FO/c1-6(2)3-7(4-8)5-9/h4,6,9H,3,5H2,1-2H3. The molecular weight excluding hydrogens is 119 g/mol. The number of aliphatic hydroxyl groups is 1. The molecule has 0 aromatic heterocycles. The molecule has 0 unspecified atom stereocenters. The van der Waals surface area contributed by atoms with Crippen LogP contribution in [0.15, 0.2) is 11.9 Å². The van der Waals surface area contributed by atoms with Crippen LogP contribution < -0.4 is 0 Å². The predicted octanol–water partition coefficient (Wildman–Crippen LogP) is 1.88. The fourth-order valence-corrected chi connectivity index (χ4v) is 0.668. The zero-order valence-corrected chi connectivity index (χ0v) is 5.89. The van der Waals surface area contributed by atoms with Crippen LogP contribution in [0, 0.1) is 5.92 Å². The summed E-state index contributed by atoms with van der Waals surface area (Å²) in [5.41, 5.74) is 0.477. The van der Waals surface area contributed by atoms with E-state index in [-0.39, 0.29) is 6.61 Å². The van der Waals surface area contributed by atoms with Gasteiger partial charge in [-0.25, -0.2) is 4.39 Å². The number of aliphatic hydroxyl groups excluding tert-OH is 1. The van der Waals surface area contributed by atoms with Crippen molar-refractivity contribution in [3.05, 3.63) is 11.9 Å². The summed E-state index contributed by atoms with van der Waals surface area (Å²) in [7, 11) is 0. The van der Waals surface area contributed by atoms with Crippen molar-refractivity contribution in [3.63, 3.8) is 0 Å². The molecule has 0 aromatic rings. The lowest BCUT2D eigenvalue weighted by Gasteiger charge is -2.03. The molecule has 2 heteroatoms. The molecule has 0 atom stereocenters. The summed E-state index contributed by atoms with van der Waals surface area (Å²) in [4.78, 5) is 0. The summed E-state index contributed by atoms with van der Waals surface area (Å²) in [6.07, 6.45) is 1.13. The van der Waals surface area contributed by atoms with Crippen molar-refractivity contribution < 1.29 is 9.50 Å². The maximum atomic E-state index is 11.7. The van der Waals surface area contributed by atoms with Crippen molar-refractivity contribution in [1.82, 2.24) is 0 Å². The fraction of sp³-hybridized carbons (Fsp3) is 0.714. The van der Waals surface area contributed by atoms with Crippen molar-refractivity contribution in [3.8, 4) is 0 Å². The van der Waals surface area contributed by atoms with Gasteiger partial charge in [0.1, 0.15) is 0 Å². The first kappa shape index (κ1) is 8.63. The summed E-state index contributed by atoms with van der Waals surface area (Å²) in [5, 5.41) is 8.47. The second kappa shape index (κ2) is 4.50. The second-order valence-corrected chi connectivity index (χ2v) is 2.52. The van der Waals surface area contributed by atoms with Crippen LogP contribution >= 0.6 is 0 Å². The van der Waals surface area contributed by atoms with Crippen molar-refractivity contribution >= 4 is 0 Å². The Balaban J connectivity index is 3.58. The van der Waals surface area contributed by atoms with Gasteiger partial charge in [-0.2, -0.15) is 0 Å². The highest BCUT2D eigenvalue weighted by Crippen LogP contribution is 2.09. The van der Waals surface area contributed by atoms with E-state index in [0.29, 0.717) is 24.2 Å². The molecule has 1 nitrogen and oxygen atoms in total. The van der Waals surface area contributed by atoms with Crippen LogP contribution in [0.2, 0.25) is 0 Å². The van der Waals surface area contributed by atoms with E-state index < -0.39 is 0 Å². The Labute approximate surface area is 55.2 Å². The van der Waals surface area contributed by atoms with E-state index in [2.05, 4.69) is 0 Å². The lowest BCUT2D eigenvalue weighted by Crippen LogP contribution is -1.95. The third-order valence-electron chi connectivity index (χ3n) is 1.03. The van der Waals surface area contributed by atoms with Gasteiger partial charge in [0.2, 0.25) is 0 Å². The molecule has 0 spiro atoms. The SMILES string of the molecule is CC(C)CC(=CF)CO. The molecule has 9 heavy (non-hydrogen) atoms. The van der Waals surface area contributed by atoms with Gasteiger partial charge in [-0.15, -0.1) is 0 Å². The Morgan fingerprint density at radius 1 is 1.67 bits per heavy atom. The lowest BCUT2D eigenvalue weighted by molar-refractivity contribution is 0.319. The van der Waals surface area contributed by atoms with Gasteiger partial charge >= 0.3 is 0 Å². The van der Waals surface area contributed by atoms with Crippen LogP contribution in [0.3, 0.4) is 0 Å². The molecule has 1 N–H and O–H groups in total. The van der Waals surface area contributed by atoms with E-state index in [1.54, 1.807) is 0 Å². The Morgan fingerprint density at radius 3 is 2.33 bits per heavy atom. The van der Waals surface area contributed by atoms with Crippen LogP contribution in [-0.4, -0.2) is 11.7 Å². The molecule has 0 heterocycles. The van der Waals surface area contributed by atoms with E-state index in [9.17, 15) is 4.39 Å². The van der Waals surface area contributed by atoms with Crippen LogP contribution in [-0.2, 0) is 0 Å². The van der Waals surface area contributed by atoms with Gasteiger partial charge in [-0.3, -0.25) is 0 Å². The van der Waals surface area contributed by atoms with Crippen molar-refractivity contribution in [2.45, 2.75) is 20.3 Å². The summed E-state index contributed by atoms with van der Waals surface area (Å²) in [5.74, 6) is 0.416. The minimum Gasteiger partial charge on any atom is -0.392 e.